The van der Waals surface area contributed by atoms with Gasteiger partial charge in [-0.2, -0.15) is 0 Å². The highest BCUT2D eigenvalue weighted by Gasteiger charge is 2.07. The molecule has 4 aromatic carbocycles. The number of nitrogens with one attached hydrogen (secondary N) is 3. The van der Waals surface area contributed by atoms with Crippen molar-refractivity contribution in [1.82, 2.24) is 5.32 Å². The number of carbonyl (C=O) groups is 2. The summed E-state index contributed by atoms with van der Waals surface area (Å²) < 4.78 is 11.4. The summed E-state index contributed by atoms with van der Waals surface area (Å²) in [6, 6.07) is 33.5. The van der Waals surface area contributed by atoms with Gasteiger partial charge in [0, 0.05) is 29.5 Å². The monoisotopic (exact) mass is 495 g/mol. The second kappa shape index (κ2) is 13.3. The molecule has 188 valence electrons. The van der Waals surface area contributed by atoms with Gasteiger partial charge in [0.2, 0.25) is 5.91 Å². The number of ether oxygens (including phenoxy) is 2. The molecule has 0 aliphatic carbocycles. The van der Waals surface area contributed by atoms with Gasteiger partial charge in [0.15, 0.2) is 0 Å². The Labute approximate surface area is 216 Å². The van der Waals surface area contributed by atoms with Crippen molar-refractivity contribution in [3.05, 3.63) is 120 Å². The molecular formula is C30H29N3O4. The number of benzene rings is 4. The molecule has 0 heterocycles. The van der Waals surface area contributed by atoms with Crippen LogP contribution < -0.4 is 25.4 Å². The van der Waals surface area contributed by atoms with Crippen molar-refractivity contribution in [3.63, 3.8) is 0 Å². The largest absolute Gasteiger partial charge is 0.490 e. The predicted octanol–water partition coefficient (Wildman–Crippen LogP) is 5.13. The quantitative estimate of drug-likeness (QED) is 0.237. The lowest BCUT2D eigenvalue weighted by molar-refractivity contribution is -0.114. The van der Waals surface area contributed by atoms with Crippen molar-refractivity contribution in [2.24, 2.45) is 0 Å². The van der Waals surface area contributed by atoms with Gasteiger partial charge in [0.25, 0.3) is 5.91 Å². The molecular weight excluding hydrogens is 466 g/mol. The molecule has 0 saturated heterocycles. The molecule has 0 saturated carbocycles. The lowest BCUT2D eigenvalue weighted by Gasteiger charge is -2.11. The van der Waals surface area contributed by atoms with Crippen molar-refractivity contribution < 1.29 is 19.1 Å². The van der Waals surface area contributed by atoms with Gasteiger partial charge >= 0.3 is 0 Å². The maximum atomic E-state index is 12.4. The second-order valence-corrected chi connectivity index (χ2v) is 8.19. The molecule has 7 heteroatoms. The number of para-hydroxylation sites is 1. The van der Waals surface area contributed by atoms with Gasteiger partial charge in [0.05, 0.1) is 6.54 Å². The zero-order chi connectivity index (χ0) is 25.7. The first-order chi connectivity index (χ1) is 18.2. The van der Waals surface area contributed by atoms with E-state index in [1.165, 1.54) is 0 Å². The van der Waals surface area contributed by atoms with Crippen LogP contribution in [-0.2, 0) is 11.3 Å². The van der Waals surface area contributed by atoms with E-state index in [4.69, 9.17) is 9.47 Å². The normalized spacial score (nSPS) is 10.3. The fourth-order valence-electron chi connectivity index (χ4n) is 3.50. The summed E-state index contributed by atoms with van der Waals surface area (Å²) in [5.74, 6) is 1.11. The first kappa shape index (κ1) is 25.3. The van der Waals surface area contributed by atoms with Crippen molar-refractivity contribution in [3.8, 4) is 11.5 Å². The van der Waals surface area contributed by atoms with E-state index >= 15 is 0 Å². The summed E-state index contributed by atoms with van der Waals surface area (Å²) in [7, 11) is 0. The summed E-state index contributed by atoms with van der Waals surface area (Å²) in [4.78, 5) is 24.8. The molecule has 0 fully saturated rings. The van der Waals surface area contributed by atoms with E-state index in [-0.39, 0.29) is 18.4 Å². The van der Waals surface area contributed by atoms with Crippen LogP contribution in [-0.4, -0.2) is 31.6 Å². The highest BCUT2D eigenvalue weighted by molar-refractivity contribution is 5.96. The van der Waals surface area contributed by atoms with Crippen molar-refractivity contribution in [2.75, 3.05) is 30.4 Å². The SMILES string of the molecule is O=C(CNc1cccc(OCCOc2ccccc2)c1)Nc1ccc(C(=O)NCc2ccccc2)cc1. The second-order valence-electron chi connectivity index (χ2n) is 8.19. The van der Waals surface area contributed by atoms with Crippen LogP contribution >= 0.6 is 0 Å². The third-order valence-electron chi connectivity index (χ3n) is 5.38. The smallest absolute Gasteiger partial charge is 0.251 e. The molecule has 4 rings (SSSR count). The van der Waals surface area contributed by atoms with Gasteiger partial charge in [-0.05, 0) is 54.1 Å². The van der Waals surface area contributed by atoms with Crippen LogP contribution in [0.3, 0.4) is 0 Å². The first-order valence-electron chi connectivity index (χ1n) is 12.0. The number of rotatable bonds is 12. The summed E-state index contributed by atoms with van der Waals surface area (Å²) in [5.41, 5.74) is 2.93. The summed E-state index contributed by atoms with van der Waals surface area (Å²) in [6.07, 6.45) is 0. The maximum absolute atomic E-state index is 12.4. The Morgan fingerprint density at radius 1 is 0.649 bits per heavy atom. The van der Waals surface area contributed by atoms with E-state index in [9.17, 15) is 9.59 Å². The Morgan fingerprint density at radius 2 is 1.30 bits per heavy atom. The van der Waals surface area contributed by atoms with Crippen LogP contribution in [0.15, 0.2) is 109 Å². The van der Waals surface area contributed by atoms with E-state index in [0.717, 1.165) is 17.0 Å². The molecule has 3 N–H and O–H groups in total. The summed E-state index contributed by atoms with van der Waals surface area (Å²) >= 11 is 0. The lowest BCUT2D eigenvalue weighted by Crippen LogP contribution is -2.23. The van der Waals surface area contributed by atoms with E-state index in [2.05, 4.69) is 16.0 Å². The van der Waals surface area contributed by atoms with Crippen molar-refractivity contribution in [1.29, 1.82) is 0 Å². The number of anilines is 2. The minimum Gasteiger partial charge on any atom is -0.490 e. The average Bonchev–Trinajstić information content (AvgIpc) is 2.95. The Balaban J connectivity index is 1.18. The molecule has 2 amide bonds. The number of hydrogen-bond donors (Lipinski definition) is 3. The Morgan fingerprint density at radius 3 is 2.03 bits per heavy atom. The predicted molar refractivity (Wildman–Crippen MR) is 145 cm³/mol. The van der Waals surface area contributed by atoms with E-state index in [1.54, 1.807) is 24.3 Å². The van der Waals surface area contributed by atoms with Crippen LogP contribution in [0, 0.1) is 0 Å². The standard InChI is InChI=1S/C30H29N3O4/c34-29(33-25-16-14-24(15-17-25)30(35)32-21-23-8-3-1-4-9-23)22-31-26-10-7-13-28(20-26)37-19-18-36-27-11-5-2-6-12-27/h1-17,20,31H,18-19,21-22H2,(H,32,35)(H,33,34). The molecule has 0 radical (unpaired) electrons. The molecule has 7 nitrogen and oxygen atoms in total. The van der Waals surface area contributed by atoms with Gasteiger partial charge < -0.3 is 25.4 Å². The molecule has 0 spiro atoms. The molecule has 0 atom stereocenters. The van der Waals surface area contributed by atoms with Gasteiger partial charge in [-0.25, -0.2) is 0 Å². The zero-order valence-corrected chi connectivity index (χ0v) is 20.4. The highest BCUT2D eigenvalue weighted by Crippen LogP contribution is 2.18. The average molecular weight is 496 g/mol. The fraction of sp³-hybridized carbons (Fsp3) is 0.133. The fourth-order valence-corrected chi connectivity index (χ4v) is 3.50. The Hall–Kier alpha value is -4.78. The summed E-state index contributed by atoms with van der Waals surface area (Å²) in [6.45, 7) is 1.37. The Bertz CT molecular complexity index is 1280. The van der Waals surface area contributed by atoms with Gasteiger partial charge in [-0.1, -0.05) is 54.6 Å². The van der Waals surface area contributed by atoms with E-state index in [0.29, 0.717) is 36.8 Å². The van der Waals surface area contributed by atoms with E-state index < -0.39 is 0 Å². The highest BCUT2D eigenvalue weighted by atomic mass is 16.5. The lowest BCUT2D eigenvalue weighted by atomic mass is 10.1. The third-order valence-corrected chi connectivity index (χ3v) is 5.38. The van der Waals surface area contributed by atoms with Crippen molar-refractivity contribution >= 4 is 23.2 Å². The minimum absolute atomic E-state index is 0.0832. The van der Waals surface area contributed by atoms with Crippen LogP contribution in [0.4, 0.5) is 11.4 Å². The van der Waals surface area contributed by atoms with Crippen LogP contribution in [0.25, 0.3) is 0 Å². The Kier molecular flexibility index (Phi) is 9.13. The van der Waals surface area contributed by atoms with Crippen molar-refractivity contribution in [2.45, 2.75) is 6.54 Å². The molecule has 0 bridgehead atoms. The van der Waals surface area contributed by atoms with Gasteiger partial charge in [-0.15, -0.1) is 0 Å². The summed E-state index contributed by atoms with van der Waals surface area (Å²) in [5, 5.41) is 8.81. The van der Waals surface area contributed by atoms with Gasteiger partial charge in [0.1, 0.15) is 24.7 Å². The molecule has 0 aromatic heterocycles. The molecule has 4 aromatic rings. The topological polar surface area (TPSA) is 88.7 Å². The maximum Gasteiger partial charge on any atom is 0.251 e. The first-order valence-corrected chi connectivity index (χ1v) is 12.0. The molecule has 0 aliphatic heterocycles. The van der Waals surface area contributed by atoms with Crippen LogP contribution in [0.1, 0.15) is 15.9 Å². The number of amides is 2. The zero-order valence-electron chi connectivity index (χ0n) is 20.4. The van der Waals surface area contributed by atoms with E-state index in [1.807, 2.05) is 84.9 Å². The van der Waals surface area contributed by atoms with Crippen LogP contribution in [0.5, 0.6) is 11.5 Å². The molecule has 0 unspecified atom stereocenters. The minimum atomic E-state index is -0.205. The third kappa shape index (κ3) is 8.43. The number of hydrogen-bond acceptors (Lipinski definition) is 5. The molecule has 0 aliphatic rings. The van der Waals surface area contributed by atoms with Gasteiger partial charge in [-0.3, -0.25) is 9.59 Å². The molecule has 37 heavy (non-hydrogen) atoms. The van der Waals surface area contributed by atoms with Crippen LogP contribution in [0.2, 0.25) is 0 Å². The number of carbonyl (C=O) groups excluding carboxylic acids is 2.